The van der Waals surface area contributed by atoms with Crippen molar-refractivity contribution in [2.45, 2.75) is 38.5 Å². The van der Waals surface area contributed by atoms with Gasteiger partial charge in [-0.05, 0) is 55.0 Å². The lowest BCUT2D eigenvalue weighted by Crippen LogP contribution is -2.36. The monoisotopic (exact) mass is 404 g/mol. The van der Waals surface area contributed by atoms with Gasteiger partial charge in [-0.15, -0.1) is 0 Å². The van der Waals surface area contributed by atoms with Crippen LogP contribution in [0.5, 0.6) is 0 Å². The average Bonchev–Trinajstić information content (AvgIpc) is 3.08. The zero-order valence-electron chi connectivity index (χ0n) is 17.1. The maximum atomic E-state index is 10.6. The van der Waals surface area contributed by atoms with E-state index in [1.54, 1.807) is 18.6 Å². The summed E-state index contributed by atoms with van der Waals surface area (Å²) in [4.78, 5) is 13.2. The van der Waals surface area contributed by atoms with Crippen molar-refractivity contribution in [1.29, 1.82) is 0 Å². The first-order valence-corrected chi connectivity index (χ1v) is 10.4. The van der Waals surface area contributed by atoms with Crippen LogP contribution in [0.25, 0.3) is 11.4 Å². The Morgan fingerprint density at radius 1 is 1.07 bits per heavy atom. The van der Waals surface area contributed by atoms with E-state index in [9.17, 15) is 10.2 Å². The number of rotatable bonds is 7. The molecule has 2 heterocycles. The molecule has 6 nitrogen and oxygen atoms in total. The van der Waals surface area contributed by atoms with E-state index in [2.05, 4.69) is 34.3 Å². The second-order valence-corrected chi connectivity index (χ2v) is 8.04. The van der Waals surface area contributed by atoms with Crippen LogP contribution in [0.2, 0.25) is 0 Å². The fourth-order valence-electron chi connectivity index (χ4n) is 4.41. The smallest absolute Gasteiger partial charge is 0.160 e. The van der Waals surface area contributed by atoms with Gasteiger partial charge in [0.05, 0.1) is 6.10 Å². The van der Waals surface area contributed by atoms with Crippen molar-refractivity contribution in [3.05, 3.63) is 77.9 Å². The molecular weight excluding hydrogens is 376 g/mol. The molecule has 4 unspecified atom stereocenters. The Kier molecular flexibility index (Phi) is 6.47. The van der Waals surface area contributed by atoms with Crippen LogP contribution in [0, 0.1) is 18.8 Å². The van der Waals surface area contributed by atoms with E-state index >= 15 is 0 Å². The molecule has 1 aliphatic carbocycles. The molecule has 3 aromatic rings. The van der Waals surface area contributed by atoms with E-state index in [-0.39, 0.29) is 24.5 Å². The van der Waals surface area contributed by atoms with E-state index in [0.717, 1.165) is 17.8 Å². The Morgan fingerprint density at radius 3 is 2.70 bits per heavy atom. The first kappa shape index (κ1) is 20.6. The van der Waals surface area contributed by atoms with Crippen molar-refractivity contribution < 1.29 is 10.2 Å². The zero-order chi connectivity index (χ0) is 20.9. The number of aliphatic hydroxyl groups is 2. The molecule has 3 N–H and O–H groups in total. The molecule has 156 valence electrons. The van der Waals surface area contributed by atoms with Gasteiger partial charge in [-0.25, -0.2) is 9.97 Å². The number of nitrogens with zero attached hydrogens (tertiary/aromatic N) is 3. The van der Waals surface area contributed by atoms with Gasteiger partial charge in [0.25, 0.3) is 0 Å². The second-order valence-electron chi connectivity index (χ2n) is 8.04. The molecule has 4 rings (SSSR count). The van der Waals surface area contributed by atoms with Crippen LogP contribution >= 0.6 is 0 Å². The Hall–Kier alpha value is -2.67. The maximum absolute atomic E-state index is 10.6. The molecule has 1 aromatic carbocycles. The lowest BCUT2D eigenvalue weighted by atomic mass is 9.88. The summed E-state index contributed by atoms with van der Waals surface area (Å²) in [6.45, 7) is 2.81. The largest absolute Gasteiger partial charge is 0.396 e. The fourth-order valence-corrected chi connectivity index (χ4v) is 4.41. The van der Waals surface area contributed by atoms with E-state index in [0.29, 0.717) is 18.7 Å². The molecule has 0 aliphatic heterocycles. The highest BCUT2D eigenvalue weighted by Crippen LogP contribution is 2.35. The molecule has 6 heteroatoms. The highest BCUT2D eigenvalue weighted by Gasteiger charge is 2.42. The first-order chi connectivity index (χ1) is 14.7. The number of aryl methyl sites for hydroxylation is 1. The van der Waals surface area contributed by atoms with Crippen molar-refractivity contribution >= 4 is 0 Å². The molecule has 0 spiro atoms. The highest BCUT2D eigenvalue weighted by atomic mass is 16.3. The van der Waals surface area contributed by atoms with Crippen LogP contribution in [-0.2, 0) is 13.0 Å². The van der Waals surface area contributed by atoms with Crippen molar-refractivity contribution in [2.75, 3.05) is 6.61 Å². The Labute approximate surface area is 177 Å². The van der Waals surface area contributed by atoms with Crippen molar-refractivity contribution in [3.63, 3.8) is 0 Å². The van der Waals surface area contributed by atoms with E-state index in [4.69, 9.17) is 4.98 Å². The van der Waals surface area contributed by atoms with Crippen LogP contribution in [-0.4, -0.2) is 43.9 Å². The highest BCUT2D eigenvalue weighted by molar-refractivity contribution is 5.52. The van der Waals surface area contributed by atoms with Gasteiger partial charge < -0.3 is 15.5 Å². The summed E-state index contributed by atoms with van der Waals surface area (Å²) < 4.78 is 0. The van der Waals surface area contributed by atoms with Gasteiger partial charge >= 0.3 is 0 Å². The lowest BCUT2D eigenvalue weighted by Gasteiger charge is -2.25. The number of hydrogen-bond acceptors (Lipinski definition) is 6. The van der Waals surface area contributed by atoms with Crippen LogP contribution < -0.4 is 5.32 Å². The molecular formula is C24H28N4O2. The predicted molar refractivity (Wildman–Crippen MR) is 115 cm³/mol. The van der Waals surface area contributed by atoms with E-state index in [1.807, 2.05) is 30.3 Å². The molecule has 0 radical (unpaired) electrons. The lowest BCUT2D eigenvalue weighted by molar-refractivity contribution is 0.0716. The molecule has 30 heavy (non-hydrogen) atoms. The van der Waals surface area contributed by atoms with Gasteiger partial charge in [0.2, 0.25) is 0 Å². The SMILES string of the molecule is Cc1ccccc1CNC1CC(O)C(CO)C1Cc1ccnc(-c2cccnc2)n1. The molecule has 1 aliphatic rings. The topological polar surface area (TPSA) is 91.2 Å². The Morgan fingerprint density at radius 2 is 1.93 bits per heavy atom. The molecule has 1 saturated carbocycles. The molecule has 1 fully saturated rings. The van der Waals surface area contributed by atoms with Crippen LogP contribution in [0.1, 0.15) is 23.2 Å². The van der Waals surface area contributed by atoms with Gasteiger partial charge in [-0.3, -0.25) is 4.98 Å². The third kappa shape index (κ3) is 4.56. The quantitative estimate of drug-likeness (QED) is 0.561. The Balaban J connectivity index is 1.52. The van der Waals surface area contributed by atoms with Crippen LogP contribution in [0.4, 0.5) is 0 Å². The summed E-state index contributed by atoms with van der Waals surface area (Å²) in [6, 6.07) is 14.1. The number of aromatic nitrogens is 3. The van der Waals surface area contributed by atoms with Gasteiger partial charge in [-0.1, -0.05) is 24.3 Å². The average molecular weight is 405 g/mol. The third-order valence-corrected chi connectivity index (χ3v) is 6.16. The van der Waals surface area contributed by atoms with E-state index < -0.39 is 6.10 Å². The minimum absolute atomic E-state index is 0.0328. The van der Waals surface area contributed by atoms with Crippen molar-refractivity contribution in [2.24, 2.45) is 11.8 Å². The van der Waals surface area contributed by atoms with Gasteiger partial charge in [0.1, 0.15) is 0 Å². The van der Waals surface area contributed by atoms with Crippen molar-refractivity contribution in [3.8, 4) is 11.4 Å². The molecule has 0 saturated heterocycles. The molecule has 4 atom stereocenters. The first-order valence-electron chi connectivity index (χ1n) is 10.4. The summed E-state index contributed by atoms with van der Waals surface area (Å²) in [5.41, 5.74) is 4.28. The number of pyridine rings is 1. The summed E-state index contributed by atoms with van der Waals surface area (Å²) in [6.07, 6.45) is 6.02. The normalized spacial score (nSPS) is 23.6. The van der Waals surface area contributed by atoms with E-state index in [1.165, 1.54) is 11.1 Å². The van der Waals surface area contributed by atoms with Crippen molar-refractivity contribution in [1.82, 2.24) is 20.3 Å². The minimum Gasteiger partial charge on any atom is -0.396 e. The van der Waals surface area contributed by atoms with Crippen LogP contribution in [0.3, 0.4) is 0 Å². The molecule has 0 bridgehead atoms. The number of nitrogens with one attached hydrogen (secondary N) is 1. The van der Waals surface area contributed by atoms with Gasteiger partial charge in [0, 0.05) is 55.0 Å². The predicted octanol–water partition coefficient (Wildman–Crippen LogP) is 2.54. The number of hydrogen-bond donors (Lipinski definition) is 3. The van der Waals surface area contributed by atoms with Crippen LogP contribution in [0.15, 0.2) is 61.1 Å². The summed E-state index contributed by atoms with van der Waals surface area (Å²) in [7, 11) is 0. The molecule has 0 amide bonds. The summed E-state index contributed by atoms with van der Waals surface area (Å²) in [5, 5.41) is 24.1. The third-order valence-electron chi connectivity index (χ3n) is 6.16. The minimum atomic E-state index is -0.519. The van der Waals surface area contributed by atoms with Gasteiger partial charge in [-0.2, -0.15) is 0 Å². The van der Waals surface area contributed by atoms with Gasteiger partial charge in [0.15, 0.2) is 5.82 Å². The summed E-state index contributed by atoms with van der Waals surface area (Å²) in [5.74, 6) is 0.561. The Bertz CT molecular complexity index is 966. The number of aliphatic hydroxyl groups excluding tert-OH is 2. The standard InChI is InChI=1S/C24H28N4O2/c1-16-5-2-3-6-17(16)14-27-22-12-23(30)21(15-29)20(22)11-19-8-10-26-24(28-19)18-7-4-9-25-13-18/h2-10,13,20-23,27,29-30H,11-12,14-15H2,1H3. The fraction of sp³-hybridized carbons (Fsp3) is 0.375. The summed E-state index contributed by atoms with van der Waals surface area (Å²) >= 11 is 0. The zero-order valence-corrected chi connectivity index (χ0v) is 17.1. The number of benzene rings is 1. The maximum Gasteiger partial charge on any atom is 0.160 e. The second kappa shape index (κ2) is 9.43. The molecule has 2 aromatic heterocycles.